The molecule has 4 nitrogen and oxygen atoms in total. The quantitative estimate of drug-likeness (QED) is 0.888. The maximum absolute atomic E-state index is 13.7. The van der Waals surface area contributed by atoms with Gasteiger partial charge in [-0.2, -0.15) is 0 Å². The number of hydrogen-bond acceptors (Lipinski definition) is 3. The molecule has 3 N–H and O–H groups in total. The van der Waals surface area contributed by atoms with Gasteiger partial charge in [-0.1, -0.05) is 12.1 Å². The smallest absolute Gasteiger partial charge is 0.243 e. The van der Waals surface area contributed by atoms with Crippen LogP contribution in [0.1, 0.15) is 31.2 Å². The Morgan fingerprint density at radius 1 is 1.26 bits per heavy atom. The standard InChI is InChI=1S/C13H19FN2O2S/c1-9-3-2-4-12(14)13(9)19(17,18)16-11-7-5-10(15)6-8-11/h2-4,10-11,16H,5-8,15H2,1H3. The van der Waals surface area contributed by atoms with Gasteiger partial charge in [0.15, 0.2) is 0 Å². The van der Waals surface area contributed by atoms with Crippen LogP contribution in [0.4, 0.5) is 4.39 Å². The highest BCUT2D eigenvalue weighted by Gasteiger charge is 2.27. The molecule has 1 fully saturated rings. The van der Waals surface area contributed by atoms with E-state index in [0.29, 0.717) is 18.4 Å². The second-order valence-corrected chi connectivity index (χ2v) is 6.77. The maximum Gasteiger partial charge on any atom is 0.243 e. The number of hydrogen-bond donors (Lipinski definition) is 2. The summed E-state index contributed by atoms with van der Waals surface area (Å²) in [5.41, 5.74) is 6.20. The van der Waals surface area contributed by atoms with E-state index in [2.05, 4.69) is 4.72 Å². The molecule has 2 rings (SSSR count). The minimum atomic E-state index is -3.80. The molecule has 106 valence electrons. The van der Waals surface area contributed by atoms with Crippen molar-refractivity contribution >= 4 is 10.0 Å². The Hall–Kier alpha value is -0.980. The first kappa shape index (κ1) is 14.4. The fourth-order valence-electron chi connectivity index (χ4n) is 2.47. The van der Waals surface area contributed by atoms with Crippen molar-refractivity contribution in [1.29, 1.82) is 0 Å². The molecule has 0 saturated heterocycles. The van der Waals surface area contributed by atoms with Crippen LogP contribution in [-0.4, -0.2) is 20.5 Å². The average molecular weight is 286 g/mol. The average Bonchev–Trinajstić information content (AvgIpc) is 2.31. The molecule has 1 aromatic carbocycles. The zero-order valence-electron chi connectivity index (χ0n) is 10.9. The Morgan fingerprint density at radius 2 is 1.89 bits per heavy atom. The molecule has 19 heavy (non-hydrogen) atoms. The molecule has 0 bridgehead atoms. The highest BCUT2D eigenvalue weighted by molar-refractivity contribution is 7.89. The first-order valence-electron chi connectivity index (χ1n) is 6.43. The Bertz CT molecular complexity index is 532. The lowest BCUT2D eigenvalue weighted by Gasteiger charge is -2.26. The minimum absolute atomic E-state index is 0.149. The second-order valence-electron chi connectivity index (χ2n) is 5.12. The molecular weight excluding hydrogens is 267 g/mol. The molecule has 1 aromatic rings. The number of nitrogens with two attached hydrogens (primary N) is 1. The minimum Gasteiger partial charge on any atom is -0.328 e. The van der Waals surface area contributed by atoms with Crippen LogP contribution < -0.4 is 10.5 Å². The number of benzene rings is 1. The van der Waals surface area contributed by atoms with Gasteiger partial charge < -0.3 is 5.73 Å². The maximum atomic E-state index is 13.7. The van der Waals surface area contributed by atoms with E-state index in [1.165, 1.54) is 12.1 Å². The van der Waals surface area contributed by atoms with Crippen molar-refractivity contribution in [2.45, 2.75) is 49.6 Å². The lowest BCUT2D eigenvalue weighted by Crippen LogP contribution is -2.40. The SMILES string of the molecule is Cc1cccc(F)c1S(=O)(=O)NC1CCC(N)CC1. The fraction of sp³-hybridized carbons (Fsp3) is 0.538. The van der Waals surface area contributed by atoms with Gasteiger partial charge in [0.25, 0.3) is 0 Å². The Morgan fingerprint density at radius 3 is 2.47 bits per heavy atom. The summed E-state index contributed by atoms with van der Waals surface area (Å²) < 4.78 is 40.8. The third-order valence-electron chi connectivity index (χ3n) is 3.53. The molecule has 1 aliphatic carbocycles. The summed E-state index contributed by atoms with van der Waals surface area (Å²) in [4.78, 5) is -0.245. The second kappa shape index (κ2) is 5.56. The van der Waals surface area contributed by atoms with Gasteiger partial charge >= 0.3 is 0 Å². The summed E-state index contributed by atoms with van der Waals surface area (Å²) in [6.45, 7) is 1.59. The summed E-state index contributed by atoms with van der Waals surface area (Å²) in [5.74, 6) is -0.708. The summed E-state index contributed by atoms with van der Waals surface area (Å²) in [5, 5.41) is 0. The van der Waals surface area contributed by atoms with Crippen LogP contribution in [0.5, 0.6) is 0 Å². The molecule has 0 spiro atoms. The first-order valence-corrected chi connectivity index (χ1v) is 7.91. The monoisotopic (exact) mass is 286 g/mol. The van der Waals surface area contributed by atoms with E-state index in [4.69, 9.17) is 5.73 Å². The molecule has 0 unspecified atom stereocenters. The molecule has 0 heterocycles. The van der Waals surface area contributed by atoms with E-state index in [-0.39, 0.29) is 17.0 Å². The fourth-order valence-corrected chi connectivity index (χ4v) is 4.08. The number of rotatable bonds is 3. The molecule has 6 heteroatoms. The zero-order chi connectivity index (χ0) is 14.0. The number of aryl methyl sites for hydroxylation is 1. The van der Waals surface area contributed by atoms with Gasteiger partial charge in [-0.3, -0.25) is 0 Å². The molecule has 1 saturated carbocycles. The number of nitrogens with one attached hydrogen (secondary N) is 1. The predicted molar refractivity (Wildman–Crippen MR) is 71.7 cm³/mol. The summed E-state index contributed by atoms with van der Waals surface area (Å²) in [6.07, 6.45) is 2.99. The summed E-state index contributed by atoms with van der Waals surface area (Å²) in [6, 6.07) is 4.26. The third-order valence-corrected chi connectivity index (χ3v) is 5.22. The molecule has 0 aromatic heterocycles. The molecule has 1 aliphatic rings. The van der Waals surface area contributed by atoms with E-state index in [1.807, 2.05) is 0 Å². The lowest BCUT2D eigenvalue weighted by atomic mass is 9.93. The van der Waals surface area contributed by atoms with E-state index >= 15 is 0 Å². The molecular formula is C13H19FN2O2S. The van der Waals surface area contributed by atoms with Crippen molar-refractivity contribution in [3.8, 4) is 0 Å². The van der Waals surface area contributed by atoms with Crippen LogP contribution >= 0.6 is 0 Å². The van der Waals surface area contributed by atoms with Crippen molar-refractivity contribution in [3.05, 3.63) is 29.6 Å². The highest BCUT2D eigenvalue weighted by atomic mass is 32.2. The lowest BCUT2D eigenvalue weighted by molar-refractivity contribution is 0.373. The van der Waals surface area contributed by atoms with Crippen LogP contribution in [0.25, 0.3) is 0 Å². The molecule has 0 atom stereocenters. The summed E-state index contributed by atoms with van der Waals surface area (Å²) >= 11 is 0. The van der Waals surface area contributed by atoms with Crippen molar-refractivity contribution in [3.63, 3.8) is 0 Å². The van der Waals surface area contributed by atoms with E-state index in [0.717, 1.165) is 12.8 Å². The zero-order valence-corrected chi connectivity index (χ0v) is 11.7. The van der Waals surface area contributed by atoms with Crippen LogP contribution in [-0.2, 0) is 10.0 Å². The van der Waals surface area contributed by atoms with Crippen LogP contribution in [0.2, 0.25) is 0 Å². The Balaban J connectivity index is 2.19. The Labute approximate surface area is 113 Å². The normalized spacial score (nSPS) is 24.4. The van der Waals surface area contributed by atoms with E-state index in [1.54, 1.807) is 13.0 Å². The van der Waals surface area contributed by atoms with Crippen molar-refractivity contribution < 1.29 is 12.8 Å². The van der Waals surface area contributed by atoms with Crippen LogP contribution in [0.3, 0.4) is 0 Å². The van der Waals surface area contributed by atoms with Gasteiger partial charge in [-0.05, 0) is 44.2 Å². The first-order chi connectivity index (χ1) is 8.90. The predicted octanol–water partition coefficient (Wildman–Crippen LogP) is 1.68. The van der Waals surface area contributed by atoms with Crippen LogP contribution in [0.15, 0.2) is 23.1 Å². The molecule has 0 aliphatic heterocycles. The van der Waals surface area contributed by atoms with Gasteiger partial charge in [-0.25, -0.2) is 17.5 Å². The topological polar surface area (TPSA) is 72.2 Å². The number of halogens is 1. The molecule has 0 radical (unpaired) electrons. The van der Waals surface area contributed by atoms with Gasteiger partial charge in [0, 0.05) is 12.1 Å². The number of sulfonamides is 1. The van der Waals surface area contributed by atoms with Gasteiger partial charge in [0.1, 0.15) is 10.7 Å². The van der Waals surface area contributed by atoms with Crippen molar-refractivity contribution in [1.82, 2.24) is 4.72 Å². The van der Waals surface area contributed by atoms with E-state index < -0.39 is 15.8 Å². The van der Waals surface area contributed by atoms with Crippen molar-refractivity contribution in [2.75, 3.05) is 0 Å². The van der Waals surface area contributed by atoms with Crippen LogP contribution in [0, 0.1) is 12.7 Å². The Kier molecular flexibility index (Phi) is 4.23. The highest BCUT2D eigenvalue weighted by Crippen LogP contribution is 2.22. The largest absolute Gasteiger partial charge is 0.328 e. The molecule has 0 amide bonds. The van der Waals surface area contributed by atoms with Gasteiger partial charge in [-0.15, -0.1) is 0 Å². The van der Waals surface area contributed by atoms with Crippen molar-refractivity contribution in [2.24, 2.45) is 5.73 Å². The third kappa shape index (κ3) is 3.32. The van der Waals surface area contributed by atoms with Gasteiger partial charge in [0.2, 0.25) is 10.0 Å². The van der Waals surface area contributed by atoms with Gasteiger partial charge in [0.05, 0.1) is 0 Å². The van der Waals surface area contributed by atoms with E-state index in [9.17, 15) is 12.8 Å². The summed E-state index contributed by atoms with van der Waals surface area (Å²) in [7, 11) is -3.80.